The van der Waals surface area contributed by atoms with E-state index < -0.39 is 5.82 Å². The van der Waals surface area contributed by atoms with Gasteiger partial charge < -0.3 is 10.1 Å². The van der Waals surface area contributed by atoms with Crippen LogP contribution in [0.5, 0.6) is 5.75 Å². The maximum atomic E-state index is 13.2. The Morgan fingerprint density at radius 3 is 3.04 bits per heavy atom. The molecule has 1 amide bonds. The average Bonchev–Trinajstić information content (AvgIpc) is 3.31. The normalized spacial score (nSPS) is 10.6. The predicted molar refractivity (Wildman–Crippen MR) is 107 cm³/mol. The SMILES string of the molecule is C=CCn1c(COc2ccc(F)c(Cl)c2)nnc1SCC(=O)Nc1nccs1. The summed E-state index contributed by atoms with van der Waals surface area (Å²) in [6, 6.07) is 4.10. The number of carbonyl (C=O) groups is 1. The van der Waals surface area contributed by atoms with Crippen molar-refractivity contribution < 1.29 is 13.9 Å². The number of nitrogens with zero attached hydrogens (tertiary/aromatic N) is 4. The van der Waals surface area contributed by atoms with Crippen LogP contribution in [0.25, 0.3) is 0 Å². The van der Waals surface area contributed by atoms with Crippen LogP contribution in [0.1, 0.15) is 5.82 Å². The largest absolute Gasteiger partial charge is 0.486 e. The minimum absolute atomic E-state index is 0.0208. The first kappa shape index (κ1) is 20.3. The number of benzene rings is 1. The summed E-state index contributed by atoms with van der Waals surface area (Å²) in [7, 11) is 0. The fourth-order valence-electron chi connectivity index (χ4n) is 2.13. The summed E-state index contributed by atoms with van der Waals surface area (Å²) in [5.41, 5.74) is 0. The van der Waals surface area contributed by atoms with E-state index in [1.54, 1.807) is 22.2 Å². The third kappa shape index (κ3) is 5.31. The lowest BCUT2D eigenvalue weighted by Gasteiger charge is -2.09. The second kappa shape index (κ2) is 9.67. The Labute approximate surface area is 173 Å². The van der Waals surface area contributed by atoms with Crippen molar-refractivity contribution in [3.63, 3.8) is 0 Å². The molecule has 0 aliphatic carbocycles. The number of hydrogen-bond acceptors (Lipinski definition) is 7. The van der Waals surface area contributed by atoms with Crippen LogP contribution in [0.2, 0.25) is 5.02 Å². The van der Waals surface area contributed by atoms with E-state index in [9.17, 15) is 9.18 Å². The molecule has 0 atom stereocenters. The first-order chi connectivity index (χ1) is 13.6. The Balaban J connectivity index is 1.62. The summed E-state index contributed by atoms with van der Waals surface area (Å²) in [6.45, 7) is 4.29. The van der Waals surface area contributed by atoms with Crippen LogP contribution in [-0.4, -0.2) is 31.4 Å². The summed E-state index contributed by atoms with van der Waals surface area (Å²) < 4.78 is 20.6. The number of rotatable bonds is 9. The van der Waals surface area contributed by atoms with Crippen LogP contribution in [0, 0.1) is 5.82 Å². The average molecular weight is 440 g/mol. The zero-order chi connectivity index (χ0) is 19.9. The van der Waals surface area contributed by atoms with Gasteiger partial charge in [0.2, 0.25) is 5.91 Å². The molecule has 11 heteroatoms. The highest BCUT2D eigenvalue weighted by atomic mass is 35.5. The number of amides is 1. The Kier molecular flexibility index (Phi) is 7.01. The second-order valence-corrected chi connectivity index (χ2v) is 7.58. The standard InChI is InChI=1S/C17H15ClFN5O2S2/c1-2-6-24-14(9-26-11-3-4-13(19)12(18)8-11)22-23-17(24)28-10-15(25)21-16-20-5-7-27-16/h2-5,7-8H,1,6,9-10H2,(H,20,21,25). The molecule has 3 rings (SSSR count). The number of anilines is 1. The summed E-state index contributed by atoms with van der Waals surface area (Å²) in [6.07, 6.45) is 3.32. The molecule has 1 aromatic carbocycles. The maximum Gasteiger partial charge on any atom is 0.236 e. The first-order valence-corrected chi connectivity index (χ1v) is 10.2. The van der Waals surface area contributed by atoms with Gasteiger partial charge >= 0.3 is 0 Å². The van der Waals surface area contributed by atoms with Crippen LogP contribution in [-0.2, 0) is 17.9 Å². The lowest BCUT2D eigenvalue weighted by molar-refractivity contribution is -0.113. The Morgan fingerprint density at radius 1 is 1.46 bits per heavy atom. The fourth-order valence-corrected chi connectivity index (χ4v) is 3.61. The number of aromatic nitrogens is 4. The molecule has 2 aromatic heterocycles. The molecule has 0 aliphatic rings. The van der Waals surface area contributed by atoms with Gasteiger partial charge in [0.1, 0.15) is 18.2 Å². The lowest BCUT2D eigenvalue weighted by Crippen LogP contribution is -2.14. The van der Waals surface area contributed by atoms with Crippen molar-refractivity contribution in [2.24, 2.45) is 0 Å². The molecule has 0 saturated carbocycles. The van der Waals surface area contributed by atoms with Crippen LogP contribution in [0.15, 0.2) is 47.6 Å². The zero-order valence-electron chi connectivity index (χ0n) is 14.5. The summed E-state index contributed by atoms with van der Waals surface area (Å²) in [4.78, 5) is 16.0. The smallest absolute Gasteiger partial charge is 0.236 e. The maximum absolute atomic E-state index is 13.2. The Hall–Kier alpha value is -2.43. The van der Waals surface area contributed by atoms with Gasteiger partial charge in [-0.1, -0.05) is 29.4 Å². The number of nitrogens with one attached hydrogen (secondary N) is 1. The lowest BCUT2D eigenvalue weighted by atomic mass is 10.3. The monoisotopic (exact) mass is 439 g/mol. The molecule has 0 bridgehead atoms. The van der Waals surface area contributed by atoms with Crippen molar-refractivity contribution >= 4 is 45.7 Å². The van der Waals surface area contributed by atoms with Gasteiger partial charge in [0.05, 0.1) is 10.8 Å². The highest BCUT2D eigenvalue weighted by Gasteiger charge is 2.15. The molecule has 3 aromatic rings. The minimum Gasteiger partial charge on any atom is -0.486 e. The molecule has 0 spiro atoms. The molecule has 2 heterocycles. The van der Waals surface area contributed by atoms with Crippen molar-refractivity contribution in [2.75, 3.05) is 11.1 Å². The first-order valence-electron chi connectivity index (χ1n) is 7.99. The summed E-state index contributed by atoms with van der Waals surface area (Å²) >= 11 is 8.35. The predicted octanol–water partition coefficient (Wildman–Crippen LogP) is 4.02. The van der Waals surface area contributed by atoms with E-state index in [0.29, 0.717) is 28.4 Å². The second-order valence-electron chi connectivity index (χ2n) is 5.34. The number of halogens is 2. The highest BCUT2D eigenvalue weighted by molar-refractivity contribution is 7.99. The van der Waals surface area contributed by atoms with Gasteiger partial charge in [-0.25, -0.2) is 9.37 Å². The molecule has 0 saturated heterocycles. The van der Waals surface area contributed by atoms with Gasteiger partial charge in [-0.2, -0.15) is 0 Å². The van der Waals surface area contributed by atoms with Gasteiger partial charge in [0.15, 0.2) is 16.1 Å². The number of ether oxygens (including phenoxy) is 1. The molecular weight excluding hydrogens is 425 g/mol. The molecular formula is C17H15ClFN5O2S2. The molecule has 28 heavy (non-hydrogen) atoms. The molecule has 7 nitrogen and oxygen atoms in total. The van der Waals surface area contributed by atoms with Gasteiger partial charge in [0.25, 0.3) is 0 Å². The van der Waals surface area contributed by atoms with Crippen molar-refractivity contribution in [2.45, 2.75) is 18.3 Å². The fraction of sp³-hybridized carbons (Fsp3) is 0.176. The van der Waals surface area contributed by atoms with Crippen molar-refractivity contribution in [1.29, 1.82) is 0 Å². The van der Waals surface area contributed by atoms with Crippen LogP contribution >= 0.6 is 34.7 Å². The van der Waals surface area contributed by atoms with Gasteiger partial charge in [-0.15, -0.1) is 28.1 Å². The third-order valence-electron chi connectivity index (χ3n) is 3.38. The highest BCUT2D eigenvalue weighted by Crippen LogP contribution is 2.23. The number of thioether (sulfide) groups is 1. The van der Waals surface area contributed by atoms with E-state index in [4.69, 9.17) is 16.3 Å². The van der Waals surface area contributed by atoms with E-state index in [1.807, 2.05) is 0 Å². The molecule has 0 radical (unpaired) electrons. The molecule has 146 valence electrons. The van der Waals surface area contributed by atoms with Crippen LogP contribution in [0.3, 0.4) is 0 Å². The van der Waals surface area contributed by atoms with E-state index in [-0.39, 0.29) is 23.3 Å². The summed E-state index contributed by atoms with van der Waals surface area (Å²) in [5, 5.41) is 13.8. The van der Waals surface area contributed by atoms with Crippen molar-refractivity contribution in [1.82, 2.24) is 19.7 Å². The van der Waals surface area contributed by atoms with E-state index in [2.05, 4.69) is 27.1 Å². The van der Waals surface area contributed by atoms with Crippen molar-refractivity contribution in [3.8, 4) is 5.75 Å². The number of hydrogen-bond donors (Lipinski definition) is 1. The number of allylic oxidation sites excluding steroid dienone is 1. The quantitative estimate of drug-likeness (QED) is 0.400. The molecule has 0 unspecified atom stereocenters. The van der Waals surface area contributed by atoms with Gasteiger partial charge in [0, 0.05) is 24.2 Å². The number of thiazole rings is 1. The Bertz CT molecular complexity index is 965. The topological polar surface area (TPSA) is 81.9 Å². The van der Waals surface area contributed by atoms with Crippen molar-refractivity contribution in [3.05, 3.63) is 59.1 Å². The van der Waals surface area contributed by atoms with Crippen LogP contribution in [0.4, 0.5) is 9.52 Å². The molecule has 0 aliphatic heterocycles. The summed E-state index contributed by atoms with van der Waals surface area (Å²) in [5.74, 6) is 0.411. The van der Waals surface area contributed by atoms with E-state index in [1.165, 1.54) is 41.3 Å². The molecule has 0 fully saturated rings. The van der Waals surface area contributed by atoms with Crippen LogP contribution < -0.4 is 10.1 Å². The van der Waals surface area contributed by atoms with E-state index >= 15 is 0 Å². The minimum atomic E-state index is -0.515. The third-order valence-corrected chi connectivity index (χ3v) is 5.32. The van der Waals surface area contributed by atoms with Gasteiger partial charge in [-0.05, 0) is 12.1 Å². The van der Waals surface area contributed by atoms with E-state index in [0.717, 1.165) is 0 Å². The zero-order valence-corrected chi connectivity index (χ0v) is 16.9. The number of carbonyl (C=O) groups excluding carboxylic acids is 1. The van der Waals surface area contributed by atoms with Gasteiger partial charge in [-0.3, -0.25) is 9.36 Å². The molecule has 1 N–H and O–H groups in total. The Morgan fingerprint density at radius 2 is 2.32 bits per heavy atom.